The molecule has 3 rings (SSSR count). The van der Waals surface area contributed by atoms with E-state index < -0.39 is 23.4 Å². The first kappa shape index (κ1) is 12.0. The van der Waals surface area contributed by atoms with Crippen LogP contribution in [0.1, 0.15) is 21.0 Å². The van der Waals surface area contributed by atoms with E-state index in [9.17, 15) is 9.59 Å². The van der Waals surface area contributed by atoms with Gasteiger partial charge < -0.3 is 19.7 Å². The molecule has 20 heavy (non-hydrogen) atoms. The van der Waals surface area contributed by atoms with Gasteiger partial charge in [0.15, 0.2) is 5.69 Å². The molecule has 0 aliphatic carbocycles. The first-order valence-electron chi connectivity index (χ1n) is 5.62. The van der Waals surface area contributed by atoms with Gasteiger partial charge in [0.05, 0.1) is 5.56 Å². The van der Waals surface area contributed by atoms with Crippen LogP contribution in [0.5, 0.6) is 0 Å². The summed E-state index contributed by atoms with van der Waals surface area (Å²) in [4.78, 5) is 25.3. The molecule has 2 heterocycles. The van der Waals surface area contributed by atoms with Crippen molar-refractivity contribution in [1.29, 1.82) is 0 Å². The van der Waals surface area contributed by atoms with Gasteiger partial charge in [0, 0.05) is 22.7 Å². The quantitative estimate of drug-likeness (QED) is 0.673. The van der Waals surface area contributed by atoms with E-state index in [-0.39, 0.29) is 5.56 Å². The highest BCUT2D eigenvalue weighted by atomic mass is 16.5. The number of rotatable bonds is 3. The molecule has 0 spiro atoms. The van der Waals surface area contributed by atoms with Crippen LogP contribution in [0.25, 0.3) is 22.0 Å². The summed E-state index contributed by atoms with van der Waals surface area (Å²) in [7, 11) is 0. The maximum absolute atomic E-state index is 11.2. The molecule has 3 N–H and O–H groups in total. The van der Waals surface area contributed by atoms with Crippen LogP contribution in [0.15, 0.2) is 35.0 Å². The fourth-order valence-corrected chi connectivity index (χ4v) is 2.11. The molecule has 0 unspecified atom stereocenters. The summed E-state index contributed by atoms with van der Waals surface area (Å²) in [5.74, 6) is -3.21. The third kappa shape index (κ3) is 1.64. The van der Waals surface area contributed by atoms with Gasteiger partial charge in [0.1, 0.15) is 0 Å². The Balaban J connectivity index is 2.35. The molecule has 0 radical (unpaired) electrons. The Morgan fingerprint density at radius 3 is 2.60 bits per heavy atom. The largest absolute Gasteiger partial charge is 0.476 e. The van der Waals surface area contributed by atoms with Crippen LogP contribution in [0, 0.1) is 0 Å². The van der Waals surface area contributed by atoms with Crippen LogP contribution < -0.4 is 0 Å². The van der Waals surface area contributed by atoms with Crippen LogP contribution in [-0.2, 0) is 0 Å². The first-order valence-corrected chi connectivity index (χ1v) is 5.62. The topological polar surface area (TPSA) is 116 Å². The summed E-state index contributed by atoms with van der Waals surface area (Å²) < 4.78 is 4.65. The molecule has 0 bridgehead atoms. The maximum Gasteiger partial charge on any atom is 0.375 e. The summed E-state index contributed by atoms with van der Waals surface area (Å²) in [5.41, 5.74) is 0.725. The summed E-state index contributed by atoms with van der Waals surface area (Å²) in [6.07, 6.45) is 1.54. The van der Waals surface area contributed by atoms with E-state index in [0.717, 1.165) is 5.52 Å². The molecular formula is C13H8N2O5. The number of hydrogen-bond acceptors (Lipinski definition) is 4. The van der Waals surface area contributed by atoms with Gasteiger partial charge in [-0.25, -0.2) is 9.59 Å². The molecule has 2 aromatic heterocycles. The van der Waals surface area contributed by atoms with Crippen molar-refractivity contribution in [2.24, 2.45) is 0 Å². The highest BCUT2D eigenvalue weighted by Crippen LogP contribution is 2.33. The van der Waals surface area contributed by atoms with E-state index in [1.165, 1.54) is 6.20 Å². The highest BCUT2D eigenvalue weighted by molar-refractivity contribution is 6.07. The number of nitrogens with zero attached hydrogens (tertiary/aromatic N) is 1. The predicted octanol–water partition coefficient (Wildman–Crippen LogP) is 2.22. The molecule has 0 amide bonds. The van der Waals surface area contributed by atoms with Crippen LogP contribution in [0.4, 0.5) is 0 Å². The lowest BCUT2D eigenvalue weighted by Gasteiger charge is -1.98. The Morgan fingerprint density at radius 2 is 1.90 bits per heavy atom. The smallest absolute Gasteiger partial charge is 0.375 e. The van der Waals surface area contributed by atoms with Crippen molar-refractivity contribution < 1.29 is 24.3 Å². The minimum atomic E-state index is -1.37. The van der Waals surface area contributed by atoms with E-state index in [1.807, 2.05) is 6.07 Å². The Labute approximate surface area is 111 Å². The zero-order chi connectivity index (χ0) is 14.3. The van der Waals surface area contributed by atoms with E-state index in [0.29, 0.717) is 10.9 Å². The van der Waals surface area contributed by atoms with Gasteiger partial charge in [-0.1, -0.05) is 23.4 Å². The van der Waals surface area contributed by atoms with Gasteiger partial charge in [-0.3, -0.25) is 0 Å². The van der Waals surface area contributed by atoms with E-state index >= 15 is 0 Å². The first-order chi connectivity index (χ1) is 9.59. The fraction of sp³-hybridized carbons (Fsp3) is 0. The minimum Gasteiger partial charge on any atom is -0.476 e. The normalized spacial score (nSPS) is 10.8. The molecule has 0 atom stereocenters. The molecule has 0 saturated heterocycles. The van der Waals surface area contributed by atoms with Crippen molar-refractivity contribution >= 4 is 22.8 Å². The number of fused-ring (bicyclic) bond motifs is 1. The van der Waals surface area contributed by atoms with Crippen LogP contribution in [0.3, 0.4) is 0 Å². The fourth-order valence-electron chi connectivity index (χ4n) is 2.11. The van der Waals surface area contributed by atoms with E-state index in [2.05, 4.69) is 14.7 Å². The number of aromatic nitrogens is 2. The summed E-state index contributed by atoms with van der Waals surface area (Å²) in [5, 5.41) is 22.2. The van der Waals surface area contributed by atoms with Gasteiger partial charge in [-0.15, -0.1) is 0 Å². The predicted molar refractivity (Wildman–Crippen MR) is 67.7 cm³/mol. The molecule has 7 nitrogen and oxygen atoms in total. The molecule has 0 saturated carbocycles. The standard InChI is InChI=1S/C13H8N2O5/c16-12(17)10-9(11(13(18)19)20-15-10)7-5-14-8-4-2-1-3-6(7)8/h1-5,14H,(H,16,17)(H,18,19). The number of aromatic carboxylic acids is 2. The average Bonchev–Trinajstić information content (AvgIpc) is 3.01. The summed E-state index contributed by atoms with van der Waals surface area (Å²) in [6, 6.07) is 7.14. The molecule has 0 aliphatic rings. The van der Waals surface area contributed by atoms with E-state index in [4.69, 9.17) is 10.2 Å². The van der Waals surface area contributed by atoms with Crippen molar-refractivity contribution in [2.75, 3.05) is 0 Å². The number of H-pyrrole nitrogens is 1. The number of carboxylic acids is 2. The number of benzene rings is 1. The molecule has 0 aliphatic heterocycles. The van der Waals surface area contributed by atoms with Crippen LogP contribution in [-0.4, -0.2) is 32.3 Å². The van der Waals surface area contributed by atoms with Crippen molar-refractivity contribution in [3.05, 3.63) is 41.9 Å². The Kier molecular flexibility index (Phi) is 2.53. The number of para-hydroxylation sites is 1. The van der Waals surface area contributed by atoms with Crippen molar-refractivity contribution in [3.63, 3.8) is 0 Å². The zero-order valence-corrected chi connectivity index (χ0v) is 9.95. The lowest BCUT2D eigenvalue weighted by Crippen LogP contribution is -2.01. The summed E-state index contributed by atoms with van der Waals surface area (Å²) in [6.45, 7) is 0. The number of carboxylic acid groups (broad SMARTS) is 2. The number of carbonyl (C=O) groups is 2. The average molecular weight is 272 g/mol. The molecule has 1 aromatic carbocycles. The monoisotopic (exact) mass is 272 g/mol. The molecular weight excluding hydrogens is 264 g/mol. The van der Waals surface area contributed by atoms with E-state index in [1.54, 1.807) is 18.2 Å². The number of hydrogen-bond donors (Lipinski definition) is 3. The third-order valence-corrected chi connectivity index (χ3v) is 2.95. The molecule has 7 heteroatoms. The number of nitrogens with one attached hydrogen (secondary N) is 1. The third-order valence-electron chi connectivity index (χ3n) is 2.95. The molecule has 100 valence electrons. The Morgan fingerprint density at radius 1 is 1.15 bits per heavy atom. The highest BCUT2D eigenvalue weighted by Gasteiger charge is 2.28. The maximum atomic E-state index is 11.2. The van der Waals surface area contributed by atoms with Gasteiger partial charge in [0.2, 0.25) is 0 Å². The SMILES string of the molecule is O=C(O)c1noc(C(=O)O)c1-c1c[nH]c2ccccc12. The van der Waals surface area contributed by atoms with Crippen LogP contribution >= 0.6 is 0 Å². The van der Waals surface area contributed by atoms with Gasteiger partial charge in [-0.2, -0.15) is 0 Å². The lowest BCUT2D eigenvalue weighted by molar-refractivity contribution is 0.0642. The summed E-state index contributed by atoms with van der Waals surface area (Å²) >= 11 is 0. The molecule has 0 fully saturated rings. The van der Waals surface area contributed by atoms with Crippen molar-refractivity contribution in [2.45, 2.75) is 0 Å². The van der Waals surface area contributed by atoms with Crippen molar-refractivity contribution in [3.8, 4) is 11.1 Å². The second-order valence-electron chi connectivity index (χ2n) is 4.09. The number of aromatic amines is 1. The second-order valence-corrected chi connectivity index (χ2v) is 4.09. The van der Waals surface area contributed by atoms with Gasteiger partial charge >= 0.3 is 11.9 Å². The second kappa shape index (κ2) is 4.23. The van der Waals surface area contributed by atoms with Gasteiger partial charge in [-0.05, 0) is 6.07 Å². The lowest BCUT2D eigenvalue weighted by atomic mass is 10.0. The zero-order valence-electron chi connectivity index (χ0n) is 9.95. The van der Waals surface area contributed by atoms with Crippen LogP contribution in [0.2, 0.25) is 0 Å². The van der Waals surface area contributed by atoms with Gasteiger partial charge in [0.25, 0.3) is 5.76 Å². The molecule has 3 aromatic rings. The van der Waals surface area contributed by atoms with Crippen molar-refractivity contribution in [1.82, 2.24) is 10.1 Å². The Bertz CT molecular complexity index is 799. The minimum absolute atomic E-state index is 0.0394. The Hall–Kier alpha value is -3.09.